The molecule has 0 saturated heterocycles. The fourth-order valence-corrected chi connectivity index (χ4v) is 2.66. The molecule has 5 nitrogen and oxygen atoms in total. The number of aromatic nitrogens is 3. The van der Waals surface area contributed by atoms with Gasteiger partial charge in [-0.25, -0.2) is 9.67 Å². The Balaban J connectivity index is 2.05. The predicted octanol–water partition coefficient (Wildman–Crippen LogP) is 3.36. The van der Waals surface area contributed by atoms with Crippen LogP contribution in [-0.4, -0.2) is 25.7 Å². The molecule has 1 aromatic heterocycles. The number of hydrogen-bond acceptors (Lipinski definition) is 4. The van der Waals surface area contributed by atoms with Crippen molar-refractivity contribution in [3.05, 3.63) is 82.4 Å². The molecule has 0 spiro atoms. The van der Waals surface area contributed by atoms with E-state index in [0.717, 1.165) is 0 Å². The van der Waals surface area contributed by atoms with E-state index >= 15 is 0 Å². The Labute approximate surface area is 148 Å². The standard InChI is InChI=1S/C17H13Cl2N3O2/c18-14-5-1-12(2-6-14)16(23)17(24,9-22-11-20-10-21-22)13-3-7-15(19)8-4-13/h1-8,10-11,24H,9H2/t17-/m1/s1. The molecule has 1 heterocycles. The Hall–Kier alpha value is -2.21. The van der Waals surface area contributed by atoms with Gasteiger partial charge in [-0.2, -0.15) is 5.10 Å². The van der Waals surface area contributed by atoms with Gasteiger partial charge < -0.3 is 5.11 Å². The fourth-order valence-electron chi connectivity index (χ4n) is 2.41. The highest BCUT2D eigenvalue weighted by atomic mass is 35.5. The number of benzene rings is 2. The quantitative estimate of drug-likeness (QED) is 0.707. The first kappa shape index (κ1) is 16.6. The molecule has 0 bridgehead atoms. The molecule has 7 heteroatoms. The molecule has 0 unspecified atom stereocenters. The van der Waals surface area contributed by atoms with Crippen molar-refractivity contribution in [2.24, 2.45) is 0 Å². The summed E-state index contributed by atoms with van der Waals surface area (Å²) in [4.78, 5) is 16.9. The summed E-state index contributed by atoms with van der Waals surface area (Å²) in [6.07, 6.45) is 2.78. The van der Waals surface area contributed by atoms with Crippen molar-refractivity contribution in [2.45, 2.75) is 12.1 Å². The second-order valence-corrected chi connectivity index (χ2v) is 6.17. The second kappa shape index (κ2) is 6.73. The average Bonchev–Trinajstić information content (AvgIpc) is 3.08. The molecular weight excluding hydrogens is 349 g/mol. The van der Waals surface area contributed by atoms with Gasteiger partial charge in [-0.1, -0.05) is 35.3 Å². The molecule has 0 amide bonds. The molecule has 122 valence electrons. The number of Topliss-reactive ketones (excluding diaryl/α,β-unsaturated/α-hetero) is 1. The normalized spacial score (nSPS) is 13.5. The average molecular weight is 362 g/mol. The van der Waals surface area contributed by atoms with Crippen LogP contribution in [0, 0.1) is 0 Å². The first-order valence-electron chi connectivity index (χ1n) is 7.10. The fraction of sp³-hybridized carbons (Fsp3) is 0.118. The van der Waals surface area contributed by atoms with Crippen LogP contribution < -0.4 is 0 Å². The maximum atomic E-state index is 13.0. The van der Waals surface area contributed by atoms with Gasteiger partial charge in [-0.05, 0) is 42.0 Å². The molecule has 24 heavy (non-hydrogen) atoms. The van der Waals surface area contributed by atoms with Crippen LogP contribution in [0.2, 0.25) is 10.0 Å². The summed E-state index contributed by atoms with van der Waals surface area (Å²) >= 11 is 11.8. The van der Waals surface area contributed by atoms with E-state index in [1.807, 2.05) is 0 Å². The summed E-state index contributed by atoms with van der Waals surface area (Å²) in [5.74, 6) is -0.461. The molecule has 3 aromatic rings. The Morgan fingerprint density at radius 1 is 1.04 bits per heavy atom. The van der Waals surface area contributed by atoms with Crippen molar-refractivity contribution < 1.29 is 9.90 Å². The third kappa shape index (κ3) is 3.33. The van der Waals surface area contributed by atoms with Gasteiger partial charge in [0, 0.05) is 15.6 Å². The first-order valence-corrected chi connectivity index (χ1v) is 7.86. The minimum Gasteiger partial charge on any atom is -0.375 e. The second-order valence-electron chi connectivity index (χ2n) is 5.30. The van der Waals surface area contributed by atoms with Crippen molar-refractivity contribution in [1.29, 1.82) is 0 Å². The van der Waals surface area contributed by atoms with Crippen LogP contribution in [0.15, 0.2) is 61.2 Å². The van der Waals surface area contributed by atoms with E-state index in [0.29, 0.717) is 21.2 Å². The van der Waals surface area contributed by atoms with E-state index in [2.05, 4.69) is 10.1 Å². The molecule has 1 atom stereocenters. The van der Waals surface area contributed by atoms with Gasteiger partial charge in [0.2, 0.25) is 5.78 Å². The van der Waals surface area contributed by atoms with Gasteiger partial charge in [-0.3, -0.25) is 4.79 Å². The number of halogens is 2. The van der Waals surface area contributed by atoms with Gasteiger partial charge in [0.25, 0.3) is 0 Å². The minimum absolute atomic E-state index is 0.0733. The lowest BCUT2D eigenvalue weighted by atomic mass is 9.86. The third-order valence-electron chi connectivity index (χ3n) is 3.66. The predicted molar refractivity (Wildman–Crippen MR) is 91.2 cm³/mol. The van der Waals surface area contributed by atoms with Crippen molar-refractivity contribution >= 4 is 29.0 Å². The van der Waals surface area contributed by atoms with Crippen molar-refractivity contribution in [3.63, 3.8) is 0 Å². The molecule has 1 N–H and O–H groups in total. The summed E-state index contributed by atoms with van der Waals surface area (Å²) in [6.45, 7) is -0.0733. The number of hydrogen-bond donors (Lipinski definition) is 1. The Kier molecular flexibility index (Phi) is 4.66. The SMILES string of the molecule is O=C(c1ccc(Cl)cc1)[C@@](O)(Cn1cncn1)c1ccc(Cl)cc1. The number of aliphatic hydroxyl groups is 1. The van der Waals surface area contributed by atoms with E-state index in [9.17, 15) is 9.90 Å². The minimum atomic E-state index is -1.81. The monoisotopic (exact) mass is 361 g/mol. The van der Waals surface area contributed by atoms with E-state index < -0.39 is 11.4 Å². The van der Waals surface area contributed by atoms with Crippen LogP contribution in [0.4, 0.5) is 0 Å². The molecule has 0 aliphatic heterocycles. The van der Waals surface area contributed by atoms with Crippen LogP contribution in [0.3, 0.4) is 0 Å². The highest BCUT2D eigenvalue weighted by Crippen LogP contribution is 2.29. The zero-order valence-electron chi connectivity index (χ0n) is 12.4. The molecule has 0 fully saturated rings. The summed E-state index contributed by atoms with van der Waals surface area (Å²) in [6, 6.07) is 12.8. The molecular formula is C17H13Cl2N3O2. The van der Waals surface area contributed by atoms with Crippen molar-refractivity contribution in [1.82, 2.24) is 14.8 Å². The Bertz CT molecular complexity index is 833. The lowest BCUT2D eigenvalue weighted by Crippen LogP contribution is -2.40. The number of carbonyl (C=O) groups excluding carboxylic acids is 1. The van der Waals surface area contributed by atoms with Crippen molar-refractivity contribution in [3.8, 4) is 0 Å². The lowest BCUT2D eigenvalue weighted by molar-refractivity contribution is 0.0182. The number of rotatable bonds is 5. The number of carbonyl (C=O) groups is 1. The Morgan fingerprint density at radius 3 is 2.17 bits per heavy atom. The maximum absolute atomic E-state index is 13.0. The zero-order chi connectivity index (χ0) is 17.2. The largest absolute Gasteiger partial charge is 0.375 e. The summed E-state index contributed by atoms with van der Waals surface area (Å²) < 4.78 is 1.41. The Morgan fingerprint density at radius 2 is 1.62 bits per heavy atom. The van der Waals surface area contributed by atoms with Crippen molar-refractivity contribution in [2.75, 3.05) is 0 Å². The number of ketones is 1. The van der Waals surface area contributed by atoms with Gasteiger partial charge in [0.05, 0.1) is 6.54 Å². The van der Waals surface area contributed by atoms with E-state index in [4.69, 9.17) is 23.2 Å². The molecule has 2 aromatic carbocycles. The molecule has 0 aliphatic carbocycles. The smallest absolute Gasteiger partial charge is 0.200 e. The highest BCUT2D eigenvalue weighted by molar-refractivity contribution is 6.31. The van der Waals surface area contributed by atoms with Crippen LogP contribution in [-0.2, 0) is 12.1 Å². The maximum Gasteiger partial charge on any atom is 0.200 e. The molecule has 3 rings (SSSR count). The topological polar surface area (TPSA) is 68.0 Å². The van der Waals surface area contributed by atoms with Crippen LogP contribution in [0.5, 0.6) is 0 Å². The van der Waals surface area contributed by atoms with Gasteiger partial charge >= 0.3 is 0 Å². The number of nitrogens with zero attached hydrogens (tertiary/aromatic N) is 3. The first-order chi connectivity index (χ1) is 11.5. The summed E-state index contributed by atoms with van der Waals surface area (Å²) in [7, 11) is 0. The zero-order valence-corrected chi connectivity index (χ0v) is 13.9. The van der Waals surface area contributed by atoms with Crippen LogP contribution in [0.1, 0.15) is 15.9 Å². The van der Waals surface area contributed by atoms with E-state index in [1.54, 1.807) is 48.5 Å². The molecule has 0 saturated carbocycles. The highest BCUT2D eigenvalue weighted by Gasteiger charge is 2.39. The van der Waals surface area contributed by atoms with Crippen LogP contribution >= 0.6 is 23.2 Å². The summed E-state index contributed by atoms with van der Waals surface area (Å²) in [5.41, 5.74) is -1.05. The third-order valence-corrected chi connectivity index (χ3v) is 4.17. The summed E-state index contributed by atoms with van der Waals surface area (Å²) in [5, 5.41) is 16.2. The van der Waals surface area contributed by atoms with E-state index in [1.165, 1.54) is 17.3 Å². The van der Waals surface area contributed by atoms with Gasteiger partial charge in [-0.15, -0.1) is 0 Å². The van der Waals surface area contributed by atoms with E-state index in [-0.39, 0.29) is 6.54 Å². The van der Waals surface area contributed by atoms with Gasteiger partial charge in [0.15, 0.2) is 5.60 Å². The van der Waals surface area contributed by atoms with Crippen LogP contribution in [0.25, 0.3) is 0 Å². The molecule has 0 aliphatic rings. The molecule has 0 radical (unpaired) electrons. The van der Waals surface area contributed by atoms with Gasteiger partial charge in [0.1, 0.15) is 12.7 Å². The lowest BCUT2D eigenvalue weighted by Gasteiger charge is -2.27.